The molecule has 32 heavy (non-hydrogen) atoms. The zero-order valence-corrected chi connectivity index (χ0v) is 17.8. The minimum atomic E-state index is -0.647. The normalized spacial score (nSPS) is 14.1. The summed E-state index contributed by atoms with van der Waals surface area (Å²) in [5.74, 6) is -0.0934. The van der Waals surface area contributed by atoms with Gasteiger partial charge in [-0.25, -0.2) is 4.39 Å². The molecule has 1 atom stereocenters. The van der Waals surface area contributed by atoms with Crippen LogP contribution in [0.25, 0.3) is 11.4 Å². The summed E-state index contributed by atoms with van der Waals surface area (Å²) in [7, 11) is 0. The van der Waals surface area contributed by atoms with Crippen LogP contribution in [0.3, 0.4) is 0 Å². The average Bonchev–Trinajstić information content (AvgIpc) is 3.47. The summed E-state index contributed by atoms with van der Waals surface area (Å²) >= 11 is 0. The first-order chi connectivity index (χ1) is 15.5. The van der Waals surface area contributed by atoms with E-state index >= 15 is 0 Å². The van der Waals surface area contributed by atoms with Crippen LogP contribution in [-0.2, 0) is 22.4 Å². The van der Waals surface area contributed by atoms with Crippen molar-refractivity contribution in [3.63, 3.8) is 0 Å². The van der Waals surface area contributed by atoms with Crippen LogP contribution in [0.15, 0.2) is 53.1 Å². The first kappa shape index (κ1) is 21.7. The standard InChI is InChI=1S/C24H25FN4O3/c1-15-13-17(7-10-19(15)25)23-28-22(32-29-23)12-11-21(30)27-20(24(31)26-18-8-9-18)14-16-5-3-2-4-6-16/h2-7,10,13,18,20H,8-9,11-12,14H2,1H3,(H,26,31)(H,27,30). The summed E-state index contributed by atoms with van der Waals surface area (Å²) in [4.78, 5) is 29.5. The predicted molar refractivity (Wildman–Crippen MR) is 116 cm³/mol. The van der Waals surface area contributed by atoms with Gasteiger partial charge < -0.3 is 15.2 Å². The third kappa shape index (κ3) is 5.78. The van der Waals surface area contributed by atoms with Gasteiger partial charge in [-0.1, -0.05) is 35.5 Å². The highest BCUT2D eigenvalue weighted by Gasteiger charge is 2.28. The van der Waals surface area contributed by atoms with Crippen LogP contribution in [0, 0.1) is 12.7 Å². The Bertz CT molecular complexity index is 1100. The number of carbonyl (C=O) groups is 2. The molecule has 1 aromatic heterocycles. The van der Waals surface area contributed by atoms with Crippen LogP contribution in [0.5, 0.6) is 0 Å². The molecule has 1 unspecified atom stereocenters. The van der Waals surface area contributed by atoms with Crippen molar-refractivity contribution < 1.29 is 18.5 Å². The van der Waals surface area contributed by atoms with Crippen molar-refractivity contribution in [1.82, 2.24) is 20.8 Å². The van der Waals surface area contributed by atoms with Gasteiger partial charge in [0, 0.05) is 30.9 Å². The number of amides is 2. The molecule has 0 bridgehead atoms. The quantitative estimate of drug-likeness (QED) is 0.537. The molecule has 2 N–H and O–H groups in total. The molecule has 2 amide bonds. The molecule has 0 aliphatic heterocycles. The molecule has 1 aliphatic rings. The van der Waals surface area contributed by atoms with Gasteiger partial charge in [0.1, 0.15) is 11.9 Å². The van der Waals surface area contributed by atoms with E-state index in [4.69, 9.17) is 4.52 Å². The van der Waals surface area contributed by atoms with Gasteiger partial charge >= 0.3 is 0 Å². The number of nitrogens with one attached hydrogen (secondary N) is 2. The minimum Gasteiger partial charge on any atom is -0.352 e. The smallest absolute Gasteiger partial charge is 0.243 e. The Kier molecular flexibility index (Phi) is 6.58. The molecule has 3 aromatic rings. The van der Waals surface area contributed by atoms with Crippen molar-refractivity contribution in [3.05, 3.63) is 71.4 Å². The van der Waals surface area contributed by atoms with Gasteiger partial charge in [-0.05, 0) is 49.1 Å². The zero-order valence-electron chi connectivity index (χ0n) is 17.8. The molecule has 0 radical (unpaired) electrons. The average molecular weight is 436 g/mol. The molecular weight excluding hydrogens is 411 g/mol. The van der Waals surface area contributed by atoms with Crippen molar-refractivity contribution in [2.24, 2.45) is 0 Å². The molecule has 1 saturated carbocycles. The van der Waals surface area contributed by atoms with Crippen LogP contribution in [0.2, 0.25) is 0 Å². The third-order valence-corrected chi connectivity index (χ3v) is 5.31. The van der Waals surface area contributed by atoms with Gasteiger partial charge in [0.2, 0.25) is 23.5 Å². The van der Waals surface area contributed by atoms with E-state index in [-0.39, 0.29) is 36.5 Å². The zero-order chi connectivity index (χ0) is 22.5. The number of benzene rings is 2. The molecular formula is C24H25FN4O3. The molecule has 7 nitrogen and oxygen atoms in total. The lowest BCUT2D eigenvalue weighted by Crippen LogP contribution is -2.48. The summed E-state index contributed by atoms with van der Waals surface area (Å²) in [5, 5.41) is 9.72. The molecule has 1 heterocycles. The van der Waals surface area contributed by atoms with E-state index in [0.29, 0.717) is 29.3 Å². The summed E-state index contributed by atoms with van der Waals surface area (Å²) < 4.78 is 18.7. The summed E-state index contributed by atoms with van der Waals surface area (Å²) in [5.41, 5.74) is 2.10. The van der Waals surface area contributed by atoms with Gasteiger partial charge in [-0.15, -0.1) is 0 Å². The molecule has 0 saturated heterocycles. The maximum absolute atomic E-state index is 13.5. The maximum atomic E-state index is 13.5. The monoisotopic (exact) mass is 436 g/mol. The Morgan fingerprint density at radius 1 is 1.19 bits per heavy atom. The number of rotatable bonds is 9. The van der Waals surface area contributed by atoms with Crippen LogP contribution in [0.1, 0.15) is 36.3 Å². The summed E-state index contributed by atoms with van der Waals surface area (Å²) in [6, 6.07) is 13.7. The van der Waals surface area contributed by atoms with Gasteiger partial charge in [0.15, 0.2) is 0 Å². The van der Waals surface area contributed by atoms with Gasteiger partial charge in [-0.3, -0.25) is 9.59 Å². The summed E-state index contributed by atoms with van der Waals surface area (Å²) in [6.07, 6.45) is 2.71. The number of hydrogen-bond donors (Lipinski definition) is 2. The Morgan fingerprint density at radius 2 is 1.97 bits per heavy atom. The molecule has 1 aliphatic carbocycles. The lowest BCUT2D eigenvalue weighted by molar-refractivity contribution is -0.129. The highest BCUT2D eigenvalue weighted by molar-refractivity contribution is 5.88. The van der Waals surface area contributed by atoms with Gasteiger partial charge in [0.05, 0.1) is 0 Å². The highest BCUT2D eigenvalue weighted by atomic mass is 19.1. The maximum Gasteiger partial charge on any atom is 0.243 e. The van der Waals surface area contributed by atoms with Crippen LogP contribution in [-0.4, -0.2) is 34.0 Å². The van der Waals surface area contributed by atoms with Gasteiger partial charge in [0.25, 0.3) is 0 Å². The Labute approximate surface area is 185 Å². The SMILES string of the molecule is Cc1cc(-c2noc(CCC(=O)NC(Cc3ccccc3)C(=O)NC3CC3)n2)ccc1F. The van der Waals surface area contributed by atoms with Crippen molar-refractivity contribution in [3.8, 4) is 11.4 Å². The van der Waals surface area contributed by atoms with E-state index < -0.39 is 6.04 Å². The number of aryl methyl sites for hydroxylation is 2. The number of carbonyl (C=O) groups excluding carboxylic acids is 2. The highest BCUT2D eigenvalue weighted by Crippen LogP contribution is 2.20. The first-order valence-electron chi connectivity index (χ1n) is 10.7. The molecule has 0 spiro atoms. The van der Waals surface area contributed by atoms with E-state index in [1.54, 1.807) is 19.1 Å². The second kappa shape index (κ2) is 9.72. The Morgan fingerprint density at radius 3 is 2.69 bits per heavy atom. The first-order valence-corrected chi connectivity index (χ1v) is 10.7. The van der Waals surface area contributed by atoms with Crippen molar-refractivity contribution >= 4 is 11.8 Å². The molecule has 166 valence electrons. The fourth-order valence-electron chi connectivity index (χ4n) is 3.33. The van der Waals surface area contributed by atoms with Gasteiger partial charge in [-0.2, -0.15) is 4.98 Å². The topological polar surface area (TPSA) is 97.1 Å². The fraction of sp³-hybridized carbons (Fsp3) is 0.333. The number of aromatic nitrogens is 2. The number of nitrogens with zero attached hydrogens (tertiary/aromatic N) is 2. The molecule has 1 fully saturated rings. The van der Waals surface area contributed by atoms with E-state index in [0.717, 1.165) is 18.4 Å². The second-order valence-electron chi connectivity index (χ2n) is 8.07. The second-order valence-corrected chi connectivity index (χ2v) is 8.07. The Hall–Kier alpha value is -3.55. The Balaban J connectivity index is 1.35. The molecule has 2 aromatic carbocycles. The van der Waals surface area contributed by atoms with E-state index in [1.807, 2.05) is 30.3 Å². The fourth-order valence-corrected chi connectivity index (χ4v) is 3.33. The van der Waals surface area contributed by atoms with E-state index in [2.05, 4.69) is 20.8 Å². The minimum absolute atomic E-state index is 0.103. The number of halogens is 1. The lowest BCUT2D eigenvalue weighted by Gasteiger charge is -2.18. The summed E-state index contributed by atoms with van der Waals surface area (Å²) in [6.45, 7) is 1.66. The van der Waals surface area contributed by atoms with E-state index in [9.17, 15) is 14.0 Å². The van der Waals surface area contributed by atoms with Crippen LogP contribution < -0.4 is 10.6 Å². The van der Waals surface area contributed by atoms with Crippen molar-refractivity contribution in [1.29, 1.82) is 0 Å². The van der Waals surface area contributed by atoms with Crippen LogP contribution >= 0.6 is 0 Å². The largest absolute Gasteiger partial charge is 0.352 e. The molecule has 8 heteroatoms. The van der Waals surface area contributed by atoms with E-state index in [1.165, 1.54) is 6.07 Å². The van der Waals surface area contributed by atoms with Crippen LogP contribution in [0.4, 0.5) is 4.39 Å². The predicted octanol–water partition coefficient (Wildman–Crippen LogP) is 3.12. The van der Waals surface area contributed by atoms with Crippen molar-refractivity contribution in [2.45, 2.75) is 51.1 Å². The third-order valence-electron chi connectivity index (χ3n) is 5.31. The lowest BCUT2D eigenvalue weighted by atomic mass is 10.0. The number of hydrogen-bond acceptors (Lipinski definition) is 5. The van der Waals surface area contributed by atoms with Crippen molar-refractivity contribution in [2.75, 3.05) is 0 Å². The molecule has 4 rings (SSSR count).